The van der Waals surface area contributed by atoms with Gasteiger partial charge in [-0.05, 0) is 5.41 Å². The smallest absolute Gasteiger partial charge is 0.250 e. The van der Waals surface area contributed by atoms with Crippen molar-refractivity contribution < 1.29 is 17.9 Å². The standard InChI is InChI=1S/C14H23N3O4S/c1-14(2,3)12-10-16(6-8-20-12)22(18,19)11-9-15-17-5-4-7-21-13(11)17/h9,12H,4-8,10H2,1-3H3/t12-/m0/s1. The summed E-state index contributed by atoms with van der Waals surface area (Å²) < 4.78 is 40.2. The lowest BCUT2D eigenvalue weighted by molar-refractivity contribution is -0.0591. The molecule has 1 atom stereocenters. The van der Waals surface area contributed by atoms with Crippen molar-refractivity contribution in [1.82, 2.24) is 14.1 Å². The van der Waals surface area contributed by atoms with E-state index in [1.165, 1.54) is 10.5 Å². The third-order valence-electron chi connectivity index (χ3n) is 4.13. The van der Waals surface area contributed by atoms with Crippen molar-refractivity contribution in [3.05, 3.63) is 6.20 Å². The third-order valence-corrected chi connectivity index (χ3v) is 5.97. The predicted octanol–water partition coefficient (Wildman–Crippen LogP) is 1.10. The van der Waals surface area contributed by atoms with E-state index in [4.69, 9.17) is 9.47 Å². The Bertz CT molecular complexity index is 648. The maximum Gasteiger partial charge on any atom is 0.250 e. The quantitative estimate of drug-likeness (QED) is 0.812. The van der Waals surface area contributed by atoms with Crippen LogP contribution in [0.1, 0.15) is 27.2 Å². The first-order chi connectivity index (χ1) is 10.3. The highest BCUT2D eigenvalue weighted by atomic mass is 32.2. The van der Waals surface area contributed by atoms with Gasteiger partial charge >= 0.3 is 0 Å². The molecule has 0 aliphatic carbocycles. The summed E-state index contributed by atoms with van der Waals surface area (Å²) >= 11 is 0. The SMILES string of the molecule is CC(C)(C)[C@@H]1CN(S(=O)(=O)c2cnn3c2OCCC3)CCO1. The molecule has 1 aromatic heterocycles. The normalized spacial score (nSPS) is 23.9. The van der Waals surface area contributed by atoms with E-state index in [9.17, 15) is 8.42 Å². The Morgan fingerprint density at radius 1 is 1.27 bits per heavy atom. The molecule has 0 aromatic carbocycles. The van der Waals surface area contributed by atoms with E-state index < -0.39 is 10.0 Å². The second-order valence-electron chi connectivity index (χ2n) is 6.83. The average molecular weight is 329 g/mol. The molecule has 0 N–H and O–H groups in total. The predicted molar refractivity (Wildman–Crippen MR) is 80.3 cm³/mol. The van der Waals surface area contributed by atoms with Gasteiger partial charge in [0.05, 0.1) is 25.5 Å². The van der Waals surface area contributed by atoms with Crippen molar-refractivity contribution in [3.8, 4) is 5.88 Å². The van der Waals surface area contributed by atoms with Crippen molar-refractivity contribution >= 4 is 10.0 Å². The van der Waals surface area contributed by atoms with E-state index in [2.05, 4.69) is 25.9 Å². The minimum atomic E-state index is -3.61. The van der Waals surface area contributed by atoms with E-state index in [0.29, 0.717) is 38.7 Å². The number of rotatable bonds is 2. The number of aromatic nitrogens is 2. The fraction of sp³-hybridized carbons (Fsp3) is 0.786. The molecule has 22 heavy (non-hydrogen) atoms. The molecule has 1 aromatic rings. The summed E-state index contributed by atoms with van der Waals surface area (Å²) in [6.07, 6.45) is 2.12. The summed E-state index contributed by atoms with van der Waals surface area (Å²) in [4.78, 5) is 0.168. The van der Waals surface area contributed by atoms with Crippen LogP contribution in [0.4, 0.5) is 0 Å². The van der Waals surface area contributed by atoms with Gasteiger partial charge in [0.25, 0.3) is 0 Å². The van der Waals surface area contributed by atoms with Crippen LogP contribution in [-0.2, 0) is 21.3 Å². The van der Waals surface area contributed by atoms with E-state index in [0.717, 1.165) is 6.42 Å². The summed E-state index contributed by atoms with van der Waals surface area (Å²) in [5, 5.41) is 4.14. The summed E-state index contributed by atoms with van der Waals surface area (Å²) in [5.74, 6) is 0.366. The monoisotopic (exact) mass is 329 g/mol. The van der Waals surface area contributed by atoms with Crippen LogP contribution in [0.5, 0.6) is 5.88 Å². The molecule has 3 heterocycles. The minimum absolute atomic E-state index is 0.108. The minimum Gasteiger partial charge on any atom is -0.477 e. The van der Waals surface area contributed by atoms with Crippen LogP contribution in [0.15, 0.2) is 11.1 Å². The molecule has 7 nitrogen and oxygen atoms in total. The van der Waals surface area contributed by atoms with E-state index >= 15 is 0 Å². The van der Waals surface area contributed by atoms with Crippen molar-refractivity contribution in [2.24, 2.45) is 5.41 Å². The third kappa shape index (κ3) is 2.75. The molecule has 0 saturated carbocycles. The molecule has 2 aliphatic heterocycles. The van der Waals surface area contributed by atoms with E-state index in [1.807, 2.05) is 0 Å². The van der Waals surface area contributed by atoms with Gasteiger partial charge < -0.3 is 9.47 Å². The molecule has 8 heteroatoms. The zero-order valence-corrected chi connectivity index (χ0v) is 14.1. The molecule has 124 valence electrons. The van der Waals surface area contributed by atoms with Gasteiger partial charge in [0.2, 0.25) is 15.9 Å². The second-order valence-corrected chi connectivity index (χ2v) is 8.73. The fourth-order valence-corrected chi connectivity index (χ4v) is 4.22. The van der Waals surface area contributed by atoms with Crippen LogP contribution >= 0.6 is 0 Å². The number of ether oxygens (including phenoxy) is 2. The number of nitrogens with zero attached hydrogens (tertiary/aromatic N) is 3. The summed E-state index contributed by atoms with van der Waals surface area (Å²) in [6.45, 7) is 8.51. The largest absolute Gasteiger partial charge is 0.477 e. The maximum absolute atomic E-state index is 12.9. The molecule has 0 amide bonds. The van der Waals surface area contributed by atoms with Crippen molar-refractivity contribution in [2.45, 2.75) is 44.7 Å². The van der Waals surface area contributed by atoms with Crippen molar-refractivity contribution in [3.63, 3.8) is 0 Å². The Morgan fingerprint density at radius 3 is 2.77 bits per heavy atom. The van der Waals surface area contributed by atoms with Crippen molar-refractivity contribution in [2.75, 3.05) is 26.3 Å². The summed E-state index contributed by atoms with van der Waals surface area (Å²) in [5.41, 5.74) is -0.108. The zero-order valence-electron chi connectivity index (χ0n) is 13.3. The first-order valence-electron chi connectivity index (χ1n) is 7.60. The highest BCUT2D eigenvalue weighted by molar-refractivity contribution is 7.89. The van der Waals surface area contributed by atoms with E-state index in [1.54, 1.807) is 4.68 Å². The Kier molecular flexibility index (Phi) is 3.94. The van der Waals surface area contributed by atoms with Crippen LogP contribution in [0.2, 0.25) is 0 Å². The van der Waals surface area contributed by atoms with Crippen LogP contribution < -0.4 is 4.74 Å². The van der Waals surface area contributed by atoms with Crippen LogP contribution in [-0.4, -0.2) is 54.9 Å². The average Bonchev–Trinajstić information content (AvgIpc) is 2.91. The van der Waals surface area contributed by atoms with Crippen LogP contribution in [0.25, 0.3) is 0 Å². The Hall–Kier alpha value is -1.12. The Labute approximate surface area is 131 Å². The molecule has 2 aliphatic rings. The highest BCUT2D eigenvalue weighted by Crippen LogP contribution is 2.32. The lowest BCUT2D eigenvalue weighted by atomic mass is 9.88. The first kappa shape index (κ1) is 15.8. The molecule has 0 unspecified atom stereocenters. The first-order valence-corrected chi connectivity index (χ1v) is 9.04. The molecule has 1 fully saturated rings. The molecule has 0 radical (unpaired) electrons. The molecule has 3 rings (SSSR count). The maximum atomic E-state index is 12.9. The number of fused-ring (bicyclic) bond motifs is 1. The van der Waals surface area contributed by atoms with Crippen LogP contribution in [0, 0.1) is 5.41 Å². The molecule has 0 spiro atoms. The van der Waals surface area contributed by atoms with Gasteiger partial charge in [-0.25, -0.2) is 13.1 Å². The van der Waals surface area contributed by atoms with Gasteiger partial charge in [0.15, 0.2) is 4.90 Å². The van der Waals surface area contributed by atoms with Crippen molar-refractivity contribution in [1.29, 1.82) is 0 Å². The number of aryl methyl sites for hydroxylation is 1. The van der Waals surface area contributed by atoms with Gasteiger partial charge in [-0.15, -0.1) is 0 Å². The van der Waals surface area contributed by atoms with Gasteiger partial charge in [0.1, 0.15) is 0 Å². The van der Waals surface area contributed by atoms with E-state index in [-0.39, 0.29) is 16.4 Å². The molecular weight excluding hydrogens is 306 g/mol. The number of morpholine rings is 1. The summed E-state index contributed by atoms with van der Waals surface area (Å²) in [7, 11) is -3.61. The van der Waals surface area contributed by atoms with Gasteiger partial charge in [-0.3, -0.25) is 0 Å². The lowest BCUT2D eigenvalue weighted by Gasteiger charge is -2.38. The van der Waals surface area contributed by atoms with Gasteiger partial charge in [-0.1, -0.05) is 20.8 Å². The van der Waals surface area contributed by atoms with Crippen LogP contribution in [0.3, 0.4) is 0 Å². The van der Waals surface area contributed by atoms with Gasteiger partial charge in [-0.2, -0.15) is 9.40 Å². The number of hydrogen-bond acceptors (Lipinski definition) is 5. The topological polar surface area (TPSA) is 73.7 Å². The van der Waals surface area contributed by atoms with Gasteiger partial charge in [0, 0.05) is 26.1 Å². The number of sulfonamides is 1. The molecule has 1 saturated heterocycles. The molecule has 0 bridgehead atoms. The number of hydrogen-bond donors (Lipinski definition) is 0. The highest BCUT2D eigenvalue weighted by Gasteiger charge is 2.38. The lowest BCUT2D eigenvalue weighted by Crippen LogP contribution is -2.50. The molecular formula is C14H23N3O4S. The second kappa shape index (κ2) is 5.50. The zero-order chi connectivity index (χ0) is 16.0. The Balaban J connectivity index is 1.88. The Morgan fingerprint density at radius 2 is 2.05 bits per heavy atom. The summed E-state index contributed by atoms with van der Waals surface area (Å²) in [6, 6.07) is 0. The fourth-order valence-electron chi connectivity index (χ4n) is 2.73.